The maximum Gasteiger partial charge on any atom is 0.306 e. The highest BCUT2D eigenvalue weighted by Gasteiger charge is 2.42. The van der Waals surface area contributed by atoms with E-state index in [0.717, 1.165) is 18.8 Å². The van der Waals surface area contributed by atoms with Crippen molar-refractivity contribution in [1.82, 2.24) is 0 Å². The highest BCUT2D eigenvalue weighted by Crippen LogP contribution is 2.41. The zero-order valence-corrected chi connectivity index (χ0v) is 11.3. The lowest BCUT2D eigenvalue weighted by molar-refractivity contribution is -0.138. The number of rotatable bonds is 4. The summed E-state index contributed by atoms with van der Waals surface area (Å²) in [6.07, 6.45) is 8.60. The molecule has 2 atom stereocenters. The van der Waals surface area contributed by atoms with Gasteiger partial charge in [0, 0.05) is 0 Å². The molecular weight excluding hydrogens is 236 g/mol. The molecule has 19 heavy (non-hydrogen) atoms. The van der Waals surface area contributed by atoms with Crippen molar-refractivity contribution >= 4 is 5.97 Å². The molecule has 2 heteroatoms. The van der Waals surface area contributed by atoms with Crippen molar-refractivity contribution in [1.29, 1.82) is 0 Å². The van der Waals surface area contributed by atoms with Gasteiger partial charge in [0.1, 0.15) is 0 Å². The normalized spacial score (nSPS) is 27.2. The lowest BCUT2D eigenvalue weighted by atomic mass is 9.84. The van der Waals surface area contributed by atoms with Gasteiger partial charge in [-0.1, -0.05) is 43.5 Å². The molecule has 0 bridgehead atoms. The molecule has 1 aromatic rings. The first-order chi connectivity index (χ1) is 9.24. The summed E-state index contributed by atoms with van der Waals surface area (Å²) in [7, 11) is 0. The number of hydrogen-bond donors (Lipinski definition) is 1. The Balaban J connectivity index is 1.58. The van der Waals surface area contributed by atoms with Crippen molar-refractivity contribution in [2.75, 3.05) is 0 Å². The van der Waals surface area contributed by atoms with Crippen LogP contribution in [0.3, 0.4) is 0 Å². The van der Waals surface area contributed by atoms with E-state index in [1.165, 1.54) is 43.2 Å². The van der Waals surface area contributed by atoms with Gasteiger partial charge < -0.3 is 5.11 Å². The van der Waals surface area contributed by atoms with Crippen LogP contribution in [0.1, 0.15) is 55.6 Å². The third-order valence-corrected chi connectivity index (χ3v) is 4.79. The second-order valence-corrected chi connectivity index (χ2v) is 6.22. The van der Waals surface area contributed by atoms with Crippen LogP contribution >= 0.6 is 0 Å². The van der Waals surface area contributed by atoms with Gasteiger partial charge in [-0.25, -0.2) is 0 Å². The molecule has 2 saturated carbocycles. The Morgan fingerprint density at radius 3 is 2.37 bits per heavy atom. The van der Waals surface area contributed by atoms with E-state index in [-0.39, 0.29) is 5.92 Å². The molecule has 102 valence electrons. The van der Waals surface area contributed by atoms with Gasteiger partial charge >= 0.3 is 5.97 Å². The summed E-state index contributed by atoms with van der Waals surface area (Å²) >= 11 is 0. The Morgan fingerprint density at radius 1 is 1.11 bits per heavy atom. The van der Waals surface area contributed by atoms with Gasteiger partial charge in [-0.3, -0.25) is 4.79 Å². The Hall–Kier alpha value is -1.31. The van der Waals surface area contributed by atoms with Crippen LogP contribution in [-0.2, 0) is 11.2 Å². The van der Waals surface area contributed by atoms with Crippen molar-refractivity contribution in [2.45, 2.75) is 50.9 Å². The molecule has 3 rings (SSSR count). The zero-order chi connectivity index (χ0) is 13.2. The third kappa shape index (κ3) is 2.99. The summed E-state index contributed by atoms with van der Waals surface area (Å²) in [5, 5.41) is 8.92. The predicted molar refractivity (Wildman–Crippen MR) is 75.2 cm³/mol. The topological polar surface area (TPSA) is 37.3 Å². The minimum Gasteiger partial charge on any atom is -0.481 e. The van der Waals surface area contributed by atoms with Crippen LogP contribution in [-0.4, -0.2) is 11.1 Å². The first-order valence-corrected chi connectivity index (χ1v) is 7.55. The number of carboxylic acids is 1. The standard InChI is InChI=1S/C17H22O2/c18-17(19)16-11-15(16)10-12-6-8-14(9-7-12)13-4-2-1-3-5-13/h6-9,13,15-16H,1-5,10-11H2,(H,18,19). The minimum absolute atomic E-state index is 0.0852. The molecule has 1 aromatic carbocycles. The first kappa shape index (κ1) is 12.7. The van der Waals surface area contributed by atoms with E-state index in [0.29, 0.717) is 5.92 Å². The van der Waals surface area contributed by atoms with Gasteiger partial charge in [0.2, 0.25) is 0 Å². The smallest absolute Gasteiger partial charge is 0.306 e. The summed E-state index contributed by atoms with van der Waals surface area (Å²) < 4.78 is 0. The Bertz CT molecular complexity index is 443. The molecule has 0 radical (unpaired) electrons. The van der Waals surface area contributed by atoms with Crippen LogP contribution in [0.25, 0.3) is 0 Å². The fourth-order valence-electron chi connectivity index (χ4n) is 3.44. The van der Waals surface area contributed by atoms with E-state index in [4.69, 9.17) is 5.11 Å². The predicted octanol–water partition coefficient (Wildman–Crippen LogP) is 4.00. The van der Waals surface area contributed by atoms with Crippen LogP contribution in [0.15, 0.2) is 24.3 Å². The molecule has 0 heterocycles. The highest BCUT2D eigenvalue weighted by atomic mass is 16.4. The second kappa shape index (κ2) is 5.36. The summed E-state index contributed by atoms with van der Waals surface area (Å²) in [4.78, 5) is 10.8. The van der Waals surface area contributed by atoms with Gasteiger partial charge in [0.05, 0.1) is 5.92 Å². The summed E-state index contributed by atoms with van der Waals surface area (Å²) in [6, 6.07) is 8.95. The molecule has 2 aliphatic carbocycles. The number of carbonyl (C=O) groups is 1. The SMILES string of the molecule is O=C(O)C1CC1Cc1ccc(C2CCCCC2)cc1. The van der Waals surface area contributed by atoms with Crippen molar-refractivity contribution in [3.63, 3.8) is 0 Å². The van der Waals surface area contributed by atoms with Crippen LogP contribution in [0, 0.1) is 11.8 Å². The fourth-order valence-corrected chi connectivity index (χ4v) is 3.44. The number of carboxylic acid groups (broad SMARTS) is 1. The zero-order valence-electron chi connectivity index (χ0n) is 11.3. The van der Waals surface area contributed by atoms with Crippen molar-refractivity contribution in [3.8, 4) is 0 Å². The summed E-state index contributed by atoms with van der Waals surface area (Å²) in [5.74, 6) is 0.426. The highest BCUT2D eigenvalue weighted by molar-refractivity contribution is 5.73. The van der Waals surface area contributed by atoms with E-state index in [2.05, 4.69) is 24.3 Å². The van der Waals surface area contributed by atoms with Crippen LogP contribution in [0.4, 0.5) is 0 Å². The molecule has 2 unspecified atom stereocenters. The van der Waals surface area contributed by atoms with Crippen molar-refractivity contribution in [2.24, 2.45) is 11.8 Å². The van der Waals surface area contributed by atoms with Crippen molar-refractivity contribution in [3.05, 3.63) is 35.4 Å². The van der Waals surface area contributed by atoms with E-state index < -0.39 is 5.97 Å². The molecule has 0 saturated heterocycles. The molecule has 0 aromatic heterocycles. The lowest BCUT2D eigenvalue weighted by Gasteiger charge is -2.22. The van der Waals surface area contributed by atoms with E-state index in [9.17, 15) is 4.79 Å². The molecule has 2 nitrogen and oxygen atoms in total. The van der Waals surface area contributed by atoms with Gasteiger partial charge in [-0.2, -0.15) is 0 Å². The number of aliphatic carboxylic acids is 1. The Kier molecular flexibility index (Phi) is 3.58. The monoisotopic (exact) mass is 258 g/mol. The van der Waals surface area contributed by atoms with Crippen LogP contribution in [0.2, 0.25) is 0 Å². The molecule has 0 amide bonds. The average Bonchev–Trinajstić information content (AvgIpc) is 3.20. The van der Waals surface area contributed by atoms with E-state index >= 15 is 0 Å². The second-order valence-electron chi connectivity index (χ2n) is 6.22. The molecule has 0 spiro atoms. The van der Waals surface area contributed by atoms with Gasteiger partial charge in [0.25, 0.3) is 0 Å². The molecule has 0 aliphatic heterocycles. The Morgan fingerprint density at radius 2 is 1.79 bits per heavy atom. The molecule has 2 aliphatic rings. The fraction of sp³-hybridized carbons (Fsp3) is 0.588. The molecule has 1 N–H and O–H groups in total. The molecule has 2 fully saturated rings. The number of hydrogen-bond acceptors (Lipinski definition) is 1. The largest absolute Gasteiger partial charge is 0.481 e. The first-order valence-electron chi connectivity index (χ1n) is 7.55. The van der Waals surface area contributed by atoms with Crippen LogP contribution < -0.4 is 0 Å². The maximum absolute atomic E-state index is 10.8. The Labute approximate surface area is 114 Å². The van der Waals surface area contributed by atoms with Crippen molar-refractivity contribution < 1.29 is 9.90 Å². The summed E-state index contributed by atoms with van der Waals surface area (Å²) in [5.41, 5.74) is 2.78. The lowest BCUT2D eigenvalue weighted by Crippen LogP contribution is -2.04. The minimum atomic E-state index is -0.621. The van der Waals surface area contributed by atoms with E-state index in [1.807, 2.05) is 0 Å². The van der Waals surface area contributed by atoms with Gasteiger partial charge in [-0.15, -0.1) is 0 Å². The third-order valence-electron chi connectivity index (χ3n) is 4.79. The number of benzene rings is 1. The molecular formula is C17H22O2. The van der Waals surface area contributed by atoms with Gasteiger partial charge in [0.15, 0.2) is 0 Å². The van der Waals surface area contributed by atoms with Crippen LogP contribution in [0.5, 0.6) is 0 Å². The van der Waals surface area contributed by atoms with Gasteiger partial charge in [-0.05, 0) is 48.6 Å². The maximum atomic E-state index is 10.8. The average molecular weight is 258 g/mol. The van der Waals surface area contributed by atoms with E-state index in [1.54, 1.807) is 0 Å². The summed E-state index contributed by atoms with van der Waals surface area (Å²) in [6.45, 7) is 0. The quantitative estimate of drug-likeness (QED) is 0.886.